The lowest BCUT2D eigenvalue weighted by atomic mass is 10.0. The number of nitrogens with one attached hydrogen (secondary N) is 1. The first-order valence-electron chi connectivity index (χ1n) is 5.17. The van der Waals surface area contributed by atoms with E-state index in [1.54, 1.807) is 6.07 Å². The molecular weight excluding hydrogens is 197 g/mol. The molecule has 0 amide bonds. The summed E-state index contributed by atoms with van der Waals surface area (Å²) in [6, 6.07) is 3.14. The van der Waals surface area contributed by atoms with Crippen molar-refractivity contribution < 1.29 is 13.9 Å². The molecule has 1 unspecified atom stereocenters. The monoisotopic (exact) mass is 209 g/mol. The van der Waals surface area contributed by atoms with Crippen LogP contribution < -0.4 is 14.8 Å². The molecular formula is C11H12FNO2. The second-order valence-corrected chi connectivity index (χ2v) is 3.84. The first-order chi connectivity index (χ1) is 7.36. The second kappa shape index (κ2) is 3.38. The molecule has 1 aromatic rings. The maximum atomic E-state index is 13.7. The molecule has 3 nitrogen and oxygen atoms in total. The summed E-state index contributed by atoms with van der Waals surface area (Å²) in [5.41, 5.74) is 0.627. The molecule has 2 aliphatic rings. The van der Waals surface area contributed by atoms with Crippen molar-refractivity contribution in [2.75, 3.05) is 13.3 Å². The van der Waals surface area contributed by atoms with E-state index in [9.17, 15) is 4.39 Å². The van der Waals surface area contributed by atoms with E-state index in [0.717, 1.165) is 19.4 Å². The molecule has 0 aromatic heterocycles. The Morgan fingerprint density at radius 3 is 3.07 bits per heavy atom. The van der Waals surface area contributed by atoms with Gasteiger partial charge in [0.05, 0.1) is 5.56 Å². The van der Waals surface area contributed by atoms with Crippen molar-refractivity contribution >= 4 is 0 Å². The number of hydrogen-bond acceptors (Lipinski definition) is 3. The van der Waals surface area contributed by atoms with Crippen molar-refractivity contribution in [2.45, 2.75) is 18.9 Å². The Morgan fingerprint density at radius 1 is 1.33 bits per heavy atom. The maximum Gasteiger partial charge on any atom is 0.231 e. The molecule has 2 aliphatic heterocycles. The summed E-state index contributed by atoms with van der Waals surface area (Å²) < 4.78 is 24.3. The van der Waals surface area contributed by atoms with E-state index in [0.29, 0.717) is 17.1 Å². The van der Waals surface area contributed by atoms with E-state index < -0.39 is 0 Å². The molecule has 1 aromatic carbocycles. The van der Waals surface area contributed by atoms with Gasteiger partial charge in [-0.25, -0.2) is 4.39 Å². The third kappa shape index (κ3) is 1.36. The highest BCUT2D eigenvalue weighted by Gasteiger charge is 2.28. The lowest BCUT2D eigenvalue weighted by Crippen LogP contribution is -2.15. The van der Waals surface area contributed by atoms with Gasteiger partial charge in [-0.15, -0.1) is 0 Å². The molecule has 1 saturated heterocycles. The van der Waals surface area contributed by atoms with Gasteiger partial charge < -0.3 is 14.8 Å². The zero-order valence-electron chi connectivity index (χ0n) is 8.25. The summed E-state index contributed by atoms with van der Waals surface area (Å²) in [7, 11) is 0. The van der Waals surface area contributed by atoms with Crippen LogP contribution in [0.2, 0.25) is 0 Å². The minimum absolute atomic E-state index is 0.0710. The van der Waals surface area contributed by atoms with Gasteiger partial charge in [0.15, 0.2) is 11.5 Å². The third-order valence-electron chi connectivity index (χ3n) is 2.93. The van der Waals surface area contributed by atoms with Crippen LogP contribution in [-0.2, 0) is 0 Å². The molecule has 80 valence electrons. The lowest BCUT2D eigenvalue weighted by molar-refractivity contribution is 0.172. The summed E-state index contributed by atoms with van der Waals surface area (Å²) in [4.78, 5) is 0. The molecule has 0 bridgehead atoms. The molecule has 15 heavy (non-hydrogen) atoms. The van der Waals surface area contributed by atoms with E-state index >= 15 is 0 Å². The fourth-order valence-corrected chi connectivity index (χ4v) is 2.23. The number of ether oxygens (including phenoxy) is 2. The second-order valence-electron chi connectivity index (χ2n) is 3.84. The quantitative estimate of drug-likeness (QED) is 0.767. The van der Waals surface area contributed by atoms with Crippen molar-refractivity contribution in [2.24, 2.45) is 0 Å². The van der Waals surface area contributed by atoms with Crippen molar-refractivity contribution in [1.82, 2.24) is 5.32 Å². The number of benzene rings is 1. The first kappa shape index (κ1) is 8.97. The topological polar surface area (TPSA) is 30.5 Å². The molecule has 0 saturated carbocycles. The van der Waals surface area contributed by atoms with Crippen molar-refractivity contribution in [1.29, 1.82) is 0 Å². The van der Waals surface area contributed by atoms with Crippen LogP contribution in [0.5, 0.6) is 11.5 Å². The molecule has 1 atom stereocenters. The van der Waals surface area contributed by atoms with Crippen molar-refractivity contribution in [3.8, 4) is 11.5 Å². The van der Waals surface area contributed by atoms with Crippen LogP contribution in [-0.4, -0.2) is 13.3 Å². The van der Waals surface area contributed by atoms with Crippen LogP contribution in [0.15, 0.2) is 12.1 Å². The van der Waals surface area contributed by atoms with Gasteiger partial charge in [-0.2, -0.15) is 0 Å². The van der Waals surface area contributed by atoms with Gasteiger partial charge in [0, 0.05) is 6.04 Å². The Hall–Kier alpha value is -1.29. The molecule has 0 aliphatic carbocycles. The van der Waals surface area contributed by atoms with Gasteiger partial charge >= 0.3 is 0 Å². The molecule has 0 spiro atoms. The lowest BCUT2D eigenvalue weighted by Gasteiger charge is -2.13. The van der Waals surface area contributed by atoms with Crippen molar-refractivity contribution in [3.63, 3.8) is 0 Å². The van der Waals surface area contributed by atoms with E-state index in [1.165, 1.54) is 6.07 Å². The molecule has 4 heteroatoms. The predicted octanol–water partition coefficient (Wildman–Crippen LogP) is 1.98. The van der Waals surface area contributed by atoms with Crippen LogP contribution in [0, 0.1) is 5.82 Å². The summed E-state index contributed by atoms with van der Waals surface area (Å²) in [5, 5.41) is 3.27. The number of fused-ring (bicyclic) bond motifs is 1. The van der Waals surface area contributed by atoms with Crippen LogP contribution in [0.1, 0.15) is 24.4 Å². The Balaban J connectivity index is 2.08. The van der Waals surface area contributed by atoms with Gasteiger partial charge in [0.2, 0.25) is 6.79 Å². The zero-order chi connectivity index (χ0) is 10.3. The molecule has 1 fully saturated rings. The number of halogens is 1. The fourth-order valence-electron chi connectivity index (χ4n) is 2.23. The van der Waals surface area contributed by atoms with E-state index in [2.05, 4.69) is 5.32 Å². The number of hydrogen-bond donors (Lipinski definition) is 1. The fraction of sp³-hybridized carbons (Fsp3) is 0.455. The molecule has 3 rings (SSSR count). The standard InChI is InChI=1S/C11H12FNO2/c12-7-3-4-9-11(15-6-14-9)10(7)8-2-1-5-13-8/h3-4,8,13H,1-2,5-6H2. The van der Waals surface area contributed by atoms with Gasteiger partial charge in [-0.1, -0.05) is 0 Å². The van der Waals surface area contributed by atoms with Crippen molar-refractivity contribution in [3.05, 3.63) is 23.5 Å². The summed E-state index contributed by atoms with van der Waals surface area (Å²) >= 11 is 0. The first-order valence-corrected chi connectivity index (χ1v) is 5.17. The SMILES string of the molecule is Fc1ccc2c(c1C1CCCN1)OCO2. The third-order valence-corrected chi connectivity index (χ3v) is 2.93. The predicted molar refractivity (Wildman–Crippen MR) is 52.5 cm³/mol. The van der Waals surface area contributed by atoms with E-state index in [4.69, 9.17) is 9.47 Å². The minimum atomic E-state index is -0.210. The smallest absolute Gasteiger partial charge is 0.231 e. The largest absolute Gasteiger partial charge is 0.454 e. The summed E-state index contributed by atoms with van der Waals surface area (Å²) in [6.07, 6.45) is 2.03. The molecule has 1 N–H and O–H groups in total. The average Bonchev–Trinajstić information content (AvgIpc) is 2.85. The van der Waals surface area contributed by atoms with Gasteiger partial charge in [-0.05, 0) is 31.5 Å². The molecule has 2 heterocycles. The highest BCUT2D eigenvalue weighted by atomic mass is 19.1. The van der Waals surface area contributed by atoms with Crippen LogP contribution in [0.4, 0.5) is 4.39 Å². The van der Waals surface area contributed by atoms with Crippen LogP contribution in [0.3, 0.4) is 0 Å². The average molecular weight is 209 g/mol. The highest BCUT2D eigenvalue weighted by molar-refractivity contribution is 5.50. The van der Waals surface area contributed by atoms with Crippen LogP contribution in [0.25, 0.3) is 0 Å². The highest BCUT2D eigenvalue weighted by Crippen LogP contribution is 2.42. The Bertz CT molecular complexity index is 388. The normalized spacial score (nSPS) is 23.4. The minimum Gasteiger partial charge on any atom is -0.454 e. The maximum absolute atomic E-state index is 13.7. The molecule has 0 radical (unpaired) electrons. The van der Waals surface area contributed by atoms with Gasteiger partial charge in [0.1, 0.15) is 5.82 Å². The Morgan fingerprint density at radius 2 is 2.27 bits per heavy atom. The Kier molecular flexibility index (Phi) is 2.02. The van der Waals surface area contributed by atoms with Gasteiger partial charge in [0.25, 0.3) is 0 Å². The van der Waals surface area contributed by atoms with Crippen LogP contribution >= 0.6 is 0 Å². The Labute approximate surface area is 87.2 Å². The van der Waals surface area contributed by atoms with Gasteiger partial charge in [-0.3, -0.25) is 0 Å². The van der Waals surface area contributed by atoms with E-state index in [-0.39, 0.29) is 18.7 Å². The van der Waals surface area contributed by atoms with E-state index in [1.807, 2.05) is 0 Å². The zero-order valence-corrected chi connectivity index (χ0v) is 8.25. The number of rotatable bonds is 1. The summed E-state index contributed by atoms with van der Waals surface area (Å²) in [5.74, 6) is 1.02. The summed E-state index contributed by atoms with van der Waals surface area (Å²) in [6.45, 7) is 1.13.